The summed E-state index contributed by atoms with van der Waals surface area (Å²) in [5, 5.41) is 3.22. The highest BCUT2D eigenvalue weighted by Gasteiger charge is 2.16. The molecule has 2 rings (SSSR count). The quantitative estimate of drug-likeness (QED) is 0.586. The third-order valence-corrected chi connectivity index (χ3v) is 3.66. The second-order valence-electron chi connectivity index (χ2n) is 4.44. The maximum atomic E-state index is 12.1. The molecular weight excluding hydrogens is 403 g/mol. The van der Waals surface area contributed by atoms with Crippen LogP contribution in [0.4, 0.5) is 11.4 Å². The highest BCUT2D eigenvalue weighted by molar-refractivity contribution is 14.1. The number of halogens is 2. The van der Waals surface area contributed by atoms with E-state index in [9.17, 15) is 4.79 Å². The summed E-state index contributed by atoms with van der Waals surface area (Å²) in [6.07, 6.45) is -0.651. The van der Waals surface area contributed by atoms with Gasteiger partial charge in [-0.15, -0.1) is 0 Å². The van der Waals surface area contributed by atoms with Gasteiger partial charge in [-0.25, -0.2) is 0 Å². The van der Waals surface area contributed by atoms with Crippen molar-refractivity contribution in [3.05, 3.63) is 51.1 Å². The summed E-state index contributed by atoms with van der Waals surface area (Å²) < 4.78 is 6.65. The van der Waals surface area contributed by atoms with Crippen LogP contribution in [0.5, 0.6) is 5.75 Å². The SMILES string of the molecule is CC(Oc1cccc(I)c1)C(=O)Nc1cc(Cl)ccc1N. The van der Waals surface area contributed by atoms with Crippen molar-refractivity contribution in [2.24, 2.45) is 0 Å². The summed E-state index contributed by atoms with van der Waals surface area (Å²) in [7, 11) is 0. The van der Waals surface area contributed by atoms with Crippen LogP contribution in [0.3, 0.4) is 0 Å². The van der Waals surface area contributed by atoms with Crippen LogP contribution in [0, 0.1) is 3.57 Å². The number of carbonyl (C=O) groups is 1. The largest absolute Gasteiger partial charge is 0.481 e. The van der Waals surface area contributed by atoms with E-state index in [0.717, 1.165) is 3.57 Å². The lowest BCUT2D eigenvalue weighted by Crippen LogP contribution is -2.30. The lowest BCUT2D eigenvalue weighted by atomic mass is 10.2. The monoisotopic (exact) mass is 416 g/mol. The van der Waals surface area contributed by atoms with E-state index in [4.69, 9.17) is 22.1 Å². The van der Waals surface area contributed by atoms with Gasteiger partial charge in [0.05, 0.1) is 11.4 Å². The molecule has 0 spiro atoms. The smallest absolute Gasteiger partial charge is 0.265 e. The Bertz CT molecular complexity index is 664. The first-order chi connectivity index (χ1) is 9.95. The molecule has 2 aromatic rings. The van der Waals surface area contributed by atoms with Gasteiger partial charge in [-0.2, -0.15) is 0 Å². The maximum absolute atomic E-state index is 12.1. The molecule has 0 aliphatic heterocycles. The topological polar surface area (TPSA) is 64.3 Å². The zero-order valence-electron chi connectivity index (χ0n) is 11.3. The lowest BCUT2D eigenvalue weighted by Gasteiger charge is -2.16. The van der Waals surface area contributed by atoms with Crippen molar-refractivity contribution in [3.8, 4) is 5.75 Å². The highest BCUT2D eigenvalue weighted by Crippen LogP contribution is 2.23. The van der Waals surface area contributed by atoms with Crippen molar-refractivity contribution in [2.75, 3.05) is 11.1 Å². The van der Waals surface area contributed by atoms with Gasteiger partial charge in [0.1, 0.15) is 5.75 Å². The second kappa shape index (κ2) is 7.00. The Morgan fingerprint density at radius 1 is 1.33 bits per heavy atom. The molecule has 0 fully saturated rings. The molecule has 0 aromatic heterocycles. The van der Waals surface area contributed by atoms with Crippen LogP contribution in [-0.4, -0.2) is 12.0 Å². The van der Waals surface area contributed by atoms with E-state index in [1.807, 2.05) is 18.2 Å². The molecule has 0 radical (unpaired) electrons. The number of nitrogens with two attached hydrogens (primary N) is 1. The molecule has 1 unspecified atom stereocenters. The van der Waals surface area contributed by atoms with Gasteiger partial charge in [0.25, 0.3) is 5.91 Å². The van der Waals surface area contributed by atoms with E-state index in [2.05, 4.69) is 27.9 Å². The Labute approximate surface area is 141 Å². The van der Waals surface area contributed by atoms with Gasteiger partial charge in [0.15, 0.2) is 6.10 Å². The molecule has 6 heteroatoms. The van der Waals surface area contributed by atoms with E-state index in [1.165, 1.54) is 0 Å². The van der Waals surface area contributed by atoms with Crippen molar-refractivity contribution in [2.45, 2.75) is 13.0 Å². The minimum absolute atomic E-state index is 0.289. The summed E-state index contributed by atoms with van der Waals surface area (Å²) in [5.41, 5.74) is 6.73. The van der Waals surface area contributed by atoms with Crippen LogP contribution in [0.25, 0.3) is 0 Å². The molecule has 0 saturated carbocycles. The van der Waals surface area contributed by atoms with Crippen molar-refractivity contribution in [1.29, 1.82) is 0 Å². The molecule has 2 aromatic carbocycles. The molecule has 0 saturated heterocycles. The third kappa shape index (κ3) is 4.50. The summed E-state index contributed by atoms with van der Waals surface area (Å²) in [6.45, 7) is 1.68. The molecule has 0 aliphatic carbocycles. The van der Waals surface area contributed by atoms with Crippen LogP contribution in [0.1, 0.15) is 6.92 Å². The van der Waals surface area contributed by atoms with Gasteiger partial charge in [-0.1, -0.05) is 17.7 Å². The van der Waals surface area contributed by atoms with Crippen molar-refractivity contribution < 1.29 is 9.53 Å². The van der Waals surface area contributed by atoms with Crippen LogP contribution < -0.4 is 15.8 Å². The van der Waals surface area contributed by atoms with Crippen molar-refractivity contribution >= 4 is 51.5 Å². The Hall–Kier alpha value is -1.47. The van der Waals surface area contributed by atoms with E-state index in [0.29, 0.717) is 22.1 Å². The van der Waals surface area contributed by atoms with Crippen LogP contribution in [0.2, 0.25) is 5.02 Å². The zero-order chi connectivity index (χ0) is 15.4. The van der Waals surface area contributed by atoms with E-state index in [-0.39, 0.29) is 5.91 Å². The minimum atomic E-state index is -0.651. The molecule has 110 valence electrons. The molecule has 1 atom stereocenters. The predicted molar refractivity (Wildman–Crippen MR) is 93.7 cm³/mol. The number of ether oxygens (including phenoxy) is 1. The maximum Gasteiger partial charge on any atom is 0.265 e. The first kappa shape index (κ1) is 15.9. The van der Waals surface area contributed by atoms with Crippen LogP contribution in [0.15, 0.2) is 42.5 Å². The number of hydrogen-bond donors (Lipinski definition) is 2. The number of carbonyl (C=O) groups excluding carboxylic acids is 1. The average Bonchev–Trinajstić information content (AvgIpc) is 2.43. The second-order valence-corrected chi connectivity index (χ2v) is 6.12. The van der Waals surface area contributed by atoms with E-state index in [1.54, 1.807) is 31.2 Å². The minimum Gasteiger partial charge on any atom is -0.481 e. The van der Waals surface area contributed by atoms with E-state index < -0.39 is 6.10 Å². The summed E-state index contributed by atoms with van der Waals surface area (Å²) >= 11 is 8.07. The third-order valence-electron chi connectivity index (χ3n) is 2.75. The summed E-state index contributed by atoms with van der Waals surface area (Å²) in [6, 6.07) is 12.4. The molecule has 4 nitrogen and oxygen atoms in total. The zero-order valence-corrected chi connectivity index (χ0v) is 14.2. The van der Waals surface area contributed by atoms with Gasteiger partial charge < -0.3 is 15.8 Å². The fourth-order valence-electron chi connectivity index (χ4n) is 1.67. The Balaban J connectivity index is 2.04. The summed E-state index contributed by atoms with van der Waals surface area (Å²) in [4.78, 5) is 12.1. The number of anilines is 2. The van der Waals surface area contributed by atoms with Gasteiger partial charge in [0.2, 0.25) is 0 Å². The number of nitrogens with one attached hydrogen (secondary N) is 1. The standard InChI is InChI=1S/C15H14ClIN2O2/c1-9(21-12-4-2-3-11(17)8-12)15(20)19-14-7-10(16)5-6-13(14)18/h2-9H,18H2,1H3,(H,19,20). The van der Waals surface area contributed by atoms with Gasteiger partial charge >= 0.3 is 0 Å². The average molecular weight is 417 g/mol. The number of benzene rings is 2. The molecule has 0 aliphatic rings. The van der Waals surface area contributed by atoms with Gasteiger partial charge in [-0.05, 0) is 65.9 Å². The number of nitrogen functional groups attached to an aromatic ring is 1. The predicted octanol–water partition coefficient (Wildman–Crippen LogP) is 3.93. The van der Waals surface area contributed by atoms with Crippen LogP contribution in [-0.2, 0) is 4.79 Å². The molecule has 0 heterocycles. The summed E-state index contributed by atoms with van der Waals surface area (Å²) in [5.74, 6) is 0.353. The van der Waals surface area contributed by atoms with E-state index >= 15 is 0 Å². The number of amides is 1. The normalized spacial score (nSPS) is 11.8. The molecule has 3 N–H and O–H groups in total. The highest BCUT2D eigenvalue weighted by atomic mass is 127. The fraction of sp³-hybridized carbons (Fsp3) is 0.133. The Morgan fingerprint density at radius 3 is 2.81 bits per heavy atom. The number of hydrogen-bond acceptors (Lipinski definition) is 3. The molecule has 0 bridgehead atoms. The Morgan fingerprint density at radius 2 is 2.10 bits per heavy atom. The van der Waals surface area contributed by atoms with Crippen molar-refractivity contribution in [1.82, 2.24) is 0 Å². The molecule has 21 heavy (non-hydrogen) atoms. The van der Waals surface area contributed by atoms with Gasteiger partial charge in [-0.3, -0.25) is 4.79 Å². The molecule has 1 amide bonds. The first-order valence-corrected chi connectivity index (χ1v) is 7.69. The fourth-order valence-corrected chi connectivity index (χ4v) is 2.36. The lowest BCUT2D eigenvalue weighted by molar-refractivity contribution is -0.122. The van der Waals surface area contributed by atoms with Gasteiger partial charge in [0, 0.05) is 8.59 Å². The molecular formula is C15H14ClIN2O2. The Kier molecular flexibility index (Phi) is 5.30. The van der Waals surface area contributed by atoms with Crippen molar-refractivity contribution in [3.63, 3.8) is 0 Å². The first-order valence-electron chi connectivity index (χ1n) is 6.24. The number of rotatable bonds is 4. The van der Waals surface area contributed by atoms with Crippen LogP contribution >= 0.6 is 34.2 Å².